The average molecular weight is 264 g/mol. The van der Waals surface area contributed by atoms with Crippen LogP contribution in [0.15, 0.2) is 24.3 Å². The number of carboxylic acids is 1. The Morgan fingerprint density at radius 3 is 2.42 bits per heavy atom. The van der Waals surface area contributed by atoms with E-state index in [2.05, 4.69) is 26.0 Å². The number of hydrogen-bond acceptors (Lipinski definition) is 2. The number of aliphatic carboxylic acids is 1. The van der Waals surface area contributed by atoms with Gasteiger partial charge in [-0.1, -0.05) is 32.4 Å². The summed E-state index contributed by atoms with van der Waals surface area (Å²) in [6, 6.07) is 8.14. The van der Waals surface area contributed by atoms with Gasteiger partial charge < -0.3 is 9.84 Å². The summed E-state index contributed by atoms with van der Waals surface area (Å²) >= 11 is 0. The molecule has 1 rings (SSSR count). The van der Waals surface area contributed by atoms with Gasteiger partial charge >= 0.3 is 5.97 Å². The van der Waals surface area contributed by atoms with Crippen LogP contribution < -0.4 is 4.74 Å². The third kappa shape index (κ3) is 4.93. The van der Waals surface area contributed by atoms with Gasteiger partial charge in [0.25, 0.3) is 0 Å². The summed E-state index contributed by atoms with van der Waals surface area (Å²) in [5, 5.41) is 8.74. The van der Waals surface area contributed by atoms with Crippen LogP contribution in [0.2, 0.25) is 0 Å². The highest BCUT2D eigenvalue weighted by Gasteiger charge is 2.18. The van der Waals surface area contributed by atoms with Crippen LogP contribution in [0.1, 0.15) is 51.0 Å². The minimum Gasteiger partial charge on any atom is -0.497 e. The maximum absolute atomic E-state index is 10.6. The van der Waals surface area contributed by atoms with Crippen molar-refractivity contribution in [1.82, 2.24) is 0 Å². The van der Waals surface area contributed by atoms with Gasteiger partial charge in [0.15, 0.2) is 0 Å². The third-order valence-corrected chi connectivity index (χ3v) is 3.78. The molecule has 2 unspecified atom stereocenters. The lowest BCUT2D eigenvalue weighted by atomic mass is 9.82. The SMILES string of the molecule is CCC(C)C(CCCC(=O)O)c1ccc(OC)cc1. The first-order valence-electron chi connectivity index (χ1n) is 6.94. The van der Waals surface area contributed by atoms with E-state index in [-0.39, 0.29) is 6.42 Å². The first kappa shape index (κ1) is 15.5. The maximum Gasteiger partial charge on any atom is 0.303 e. The summed E-state index contributed by atoms with van der Waals surface area (Å²) in [6.45, 7) is 4.41. The second-order valence-corrected chi connectivity index (χ2v) is 5.05. The van der Waals surface area contributed by atoms with Gasteiger partial charge in [0.1, 0.15) is 5.75 Å². The van der Waals surface area contributed by atoms with Crippen molar-refractivity contribution in [2.75, 3.05) is 7.11 Å². The first-order valence-corrected chi connectivity index (χ1v) is 6.94. The smallest absolute Gasteiger partial charge is 0.303 e. The molecule has 1 aromatic carbocycles. The molecule has 1 aromatic rings. The molecule has 106 valence electrons. The van der Waals surface area contributed by atoms with Gasteiger partial charge in [0.05, 0.1) is 7.11 Å². The fourth-order valence-corrected chi connectivity index (χ4v) is 2.39. The van der Waals surface area contributed by atoms with Crippen LogP contribution in [0.25, 0.3) is 0 Å². The van der Waals surface area contributed by atoms with Crippen LogP contribution in [-0.4, -0.2) is 18.2 Å². The minimum absolute atomic E-state index is 0.253. The molecule has 19 heavy (non-hydrogen) atoms. The van der Waals surface area contributed by atoms with Gasteiger partial charge in [-0.3, -0.25) is 4.79 Å². The fraction of sp³-hybridized carbons (Fsp3) is 0.562. The van der Waals surface area contributed by atoms with Gasteiger partial charge in [-0.2, -0.15) is 0 Å². The molecular formula is C16H24O3. The van der Waals surface area contributed by atoms with Gasteiger partial charge in [0, 0.05) is 6.42 Å². The number of methoxy groups -OCH3 is 1. The second-order valence-electron chi connectivity index (χ2n) is 5.05. The fourth-order valence-electron chi connectivity index (χ4n) is 2.39. The summed E-state index contributed by atoms with van der Waals surface area (Å²) in [4.78, 5) is 10.6. The first-order chi connectivity index (χ1) is 9.08. The summed E-state index contributed by atoms with van der Waals surface area (Å²) in [5.74, 6) is 1.13. The van der Waals surface area contributed by atoms with Crippen molar-refractivity contribution >= 4 is 5.97 Å². The summed E-state index contributed by atoms with van der Waals surface area (Å²) in [5.41, 5.74) is 1.28. The molecule has 3 nitrogen and oxygen atoms in total. The molecule has 0 aromatic heterocycles. The van der Waals surface area contributed by atoms with E-state index in [0.717, 1.165) is 25.0 Å². The number of ether oxygens (including phenoxy) is 1. The predicted octanol–water partition coefficient (Wildman–Crippen LogP) is 4.08. The predicted molar refractivity (Wildman–Crippen MR) is 76.7 cm³/mol. The van der Waals surface area contributed by atoms with Crippen LogP contribution in [0.5, 0.6) is 5.75 Å². The average Bonchev–Trinajstić information content (AvgIpc) is 2.43. The lowest BCUT2D eigenvalue weighted by Gasteiger charge is -2.23. The highest BCUT2D eigenvalue weighted by atomic mass is 16.5. The van der Waals surface area contributed by atoms with Crippen LogP contribution in [0.4, 0.5) is 0 Å². The van der Waals surface area contributed by atoms with Crippen molar-refractivity contribution in [2.45, 2.75) is 45.4 Å². The lowest BCUT2D eigenvalue weighted by molar-refractivity contribution is -0.137. The Bertz CT molecular complexity index is 383. The van der Waals surface area contributed by atoms with Crippen LogP contribution in [0, 0.1) is 5.92 Å². The van der Waals surface area contributed by atoms with Crippen LogP contribution in [0.3, 0.4) is 0 Å². The highest BCUT2D eigenvalue weighted by molar-refractivity contribution is 5.66. The molecule has 0 spiro atoms. The Labute approximate surface area is 115 Å². The van der Waals surface area contributed by atoms with Gasteiger partial charge in [0.2, 0.25) is 0 Å². The number of benzene rings is 1. The van der Waals surface area contributed by atoms with Gasteiger partial charge in [-0.05, 0) is 42.4 Å². The van der Waals surface area contributed by atoms with Crippen molar-refractivity contribution < 1.29 is 14.6 Å². The Morgan fingerprint density at radius 1 is 1.32 bits per heavy atom. The van der Waals surface area contributed by atoms with E-state index in [0.29, 0.717) is 11.8 Å². The number of carboxylic acid groups (broad SMARTS) is 1. The van der Waals surface area contributed by atoms with E-state index in [9.17, 15) is 4.79 Å². The molecule has 0 aliphatic rings. The molecule has 2 atom stereocenters. The standard InChI is InChI=1S/C16H24O3/c1-4-12(2)15(6-5-7-16(17)18)13-8-10-14(19-3)11-9-13/h8-12,15H,4-7H2,1-3H3,(H,17,18). The monoisotopic (exact) mass is 264 g/mol. The number of rotatable bonds is 8. The normalized spacial score (nSPS) is 13.8. The third-order valence-electron chi connectivity index (χ3n) is 3.78. The molecule has 0 saturated heterocycles. The van der Waals surface area contributed by atoms with Crippen molar-refractivity contribution in [3.05, 3.63) is 29.8 Å². The zero-order valence-electron chi connectivity index (χ0n) is 12.1. The van der Waals surface area contributed by atoms with E-state index in [1.165, 1.54) is 5.56 Å². The van der Waals surface area contributed by atoms with E-state index >= 15 is 0 Å². The van der Waals surface area contributed by atoms with E-state index in [1.54, 1.807) is 7.11 Å². The summed E-state index contributed by atoms with van der Waals surface area (Å²) < 4.78 is 5.17. The lowest BCUT2D eigenvalue weighted by Crippen LogP contribution is -2.10. The maximum atomic E-state index is 10.6. The summed E-state index contributed by atoms with van der Waals surface area (Å²) in [6.07, 6.45) is 3.01. The number of carbonyl (C=O) groups is 1. The Hall–Kier alpha value is -1.51. The zero-order valence-corrected chi connectivity index (χ0v) is 12.1. The van der Waals surface area contributed by atoms with Crippen molar-refractivity contribution in [3.63, 3.8) is 0 Å². The van der Waals surface area contributed by atoms with Crippen molar-refractivity contribution in [3.8, 4) is 5.75 Å². The molecule has 0 fully saturated rings. The number of hydrogen-bond donors (Lipinski definition) is 1. The quantitative estimate of drug-likeness (QED) is 0.769. The molecule has 1 N–H and O–H groups in total. The van der Waals surface area contributed by atoms with E-state index < -0.39 is 5.97 Å². The molecule has 0 bridgehead atoms. The molecular weight excluding hydrogens is 240 g/mol. The highest BCUT2D eigenvalue weighted by Crippen LogP contribution is 2.32. The Balaban J connectivity index is 2.74. The minimum atomic E-state index is -0.711. The van der Waals surface area contributed by atoms with E-state index in [4.69, 9.17) is 9.84 Å². The van der Waals surface area contributed by atoms with Crippen LogP contribution in [-0.2, 0) is 4.79 Å². The molecule has 0 saturated carbocycles. The molecule has 3 heteroatoms. The second kappa shape index (κ2) is 7.82. The molecule has 0 aliphatic carbocycles. The van der Waals surface area contributed by atoms with Gasteiger partial charge in [-0.15, -0.1) is 0 Å². The van der Waals surface area contributed by atoms with Crippen molar-refractivity contribution in [2.24, 2.45) is 5.92 Å². The summed E-state index contributed by atoms with van der Waals surface area (Å²) in [7, 11) is 1.66. The van der Waals surface area contributed by atoms with Gasteiger partial charge in [-0.25, -0.2) is 0 Å². The topological polar surface area (TPSA) is 46.5 Å². The molecule has 0 heterocycles. The Kier molecular flexibility index (Phi) is 6.40. The van der Waals surface area contributed by atoms with Crippen LogP contribution >= 0.6 is 0 Å². The molecule has 0 aliphatic heterocycles. The molecule has 0 amide bonds. The molecule has 0 radical (unpaired) electrons. The zero-order chi connectivity index (χ0) is 14.3. The van der Waals surface area contributed by atoms with Crippen molar-refractivity contribution in [1.29, 1.82) is 0 Å². The Morgan fingerprint density at radius 2 is 1.95 bits per heavy atom. The largest absolute Gasteiger partial charge is 0.497 e. The van der Waals surface area contributed by atoms with E-state index in [1.807, 2.05) is 12.1 Å².